The minimum absolute atomic E-state index is 0.0482. The van der Waals surface area contributed by atoms with E-state index in [9.17, 15) is 14.7 Å². The standard InChI is InChI=1S/C33H32N2O3/c1-33(2,3)25-14-12-22(13-15-25)29-28(30(36)24-11-10-21-8-6-7-9-23(21)20-24)31(37)32(38)35(29)27-18-16-26(17-19-27)34(4)5/h6-20,29,36H,1-5H3/b30-28-. The molecule has 192 valence electrons. The summed E-state index contributed by atoms with van der Waals surface area (Å²) >= 11 is 0. The van der Waals surface area contributed by atoms with Gasteiger partial charge in [-0.2, -0.15) is 0 Å². The van der Waals surface area contributed by atoms with Crippen LogP contribution in [0.1, 0.15) is 43.5 Å². The van der Waals surface area contributed by atoms with Gasteiger partial charge in [-0.15, -0.1) is 0 Å². The van der Waals surface area contributed by atoms with Crippen LogP contribution in [-0.4, -0.2) is 30.9 Å². The van der Waals surface area contributed by atoms with Gasteiger partial charge in [0.2, 0.25) is 0 Å². The molecule has 1 unspecified atom stereocenters. The summed E-state index contributed by atoms with van der Waals surface area (Å²) in [6, 6.07) is 28.1. The van der Waals surface area contributed by atoms with Crippen LogP contribution in [0, 0.1) is 0 Å². The third kappa shape index (κ3) is 4.45. The second kappa shape index (κ2) is 9.49. The Balaban J connectivity index is 1.69. The monoisotopic (exact) mass is 504 g/mol. The van der Waals surface area contributed by atoms with Gasteiger partial charge in [0, 0.05) is 31.0 Å². The Morgan fingerprint density at radius 3 is 2.05 bits per heavy atom. The second-order valence-electron chi connectivity index (χ2n) is 11.0. The molecule has 1 amide bonds. The highest BCUT2D eigenvalue weighted by atomic mass is 16.3. The molecule has 5 nitrogen and oxygen atoms in total. The van der Waals surface area contributed by atoms with E-state index in [1.54, 1.807) is 6.07 Å². The van der Waals surface area contributed by atoms with Crippen LogP contribution in [-0.2, 0) is 15.0 Å². The molecule has 1 fully saturated rings. The summed E-state index contributed by atoms with van der Waals surface area (Å²) in [4.78, 5) is 30.5. The molecule has 4 aromatic carbocycles. The topological polar surface area (TPSA) is 60.9 Å². The van der Waals surface area contributed by atoms with E-state index in [2.05, 4.69) is 20.8 Å². The smallest absolute Gasteiger partial charge is 0.300 e. The predicted molar refractivity (Wildman–Crippen MR) is 155 cm³/mol. The van der Waals surface area contributed by atoms with E-state index in [-0.39, 0.29) is 16.7 Å². The number of fused-ring (bicyclic) bond motifs is 1. The van der Waals surface area contributed by atoms with E-state index in [0.29, 0.717) is 11.3 Å². The molecule has 1 N–H and O–H groups in total. The van der Waals surface area contributed by atoms with Crippen molar-refractivity contribution in [1.82, 2.24) is 0 Å². The van der Waals surface area contributed by atoms with Crippen molar-refractivity contribution in [2.75, 3.05) is 23.9 Å². The van der Waals surface area contributed by atoms with Crippen molar-refractivity contribution in [3.05, 3.63) is 113 Å². The van der Waals surface area contributed by atoms with Crippen LogP contribution in [0.3, 0.4) is 0 Å². The third-order valence-corrected chi connectivity index (χ3v) is 7.20. The summed E-state index contributed by atoms with van der Waals surface area (Å²) in [5.74, 6) is -1.53. The number of aliphatic hydroxyl groups is 1. The largest absolute Gasteiger partial charge is 0.507 e. The first-order valence-corrected chi connectivity index (χ1v) is 12.7. The van der Waals surface area contributed by atoms with Crippen molar-refractivity contribution in [3.8, 4) is 0 Å². The predicted octanol–water partition coefficient (Wildman–Crippen LogP) is 6.83. The molecule has 0 aliphatic carbocycles. The molecule has 5 rings (SSSR count). The number of hydrogen-bond donors (Lipinski definition) is 1. The van der Waals surface area contributed by atoms with Gasteiger partial charge in [0.15, 0.2) is 0 Å². The Kier molecular flexibility index (Phi) is 6.31. The lowest BCUT2D eigenvalue weighted by Crippen LogP contribution is -2.29. The maximum atomic E-state index is 13.5. The maximum Gasteiger partial charge on any atom is 0.300 e. The van der Waals surface area contributed by atoms with Gasteiger partial charge in [0.1, 0.15) is 5.76 Å². The Morgan fingerprint density at radius 1 is 0.816 bits per heavy atom. The van der Waals surface area contributed by atoms with Crippen molar-refractivity contribution in [2.24, 2.45) is 0 Å². The third-order valence-electron chi connectivity index (χ3n) is 7.20. The Labute approximate surface area is 223 Å². The van der Waals surface area contributed by atoms with Crippen molar-refractivity contribution in [3.63, 3.8) is 0 Å². The minimum atomic E-state index is -0.763. The van der Waals surface area contributed by atoms with Crippen LogP contribution >= 0.6 is 0 Å². The van der Waals surface area contributed by atoms with E-state index in [1.165, 1.54) is 4.90 Å². The van der Waals surface area contributed by atoms with Crippen LogP contribution in [0.4, 0.5) is 11.4 Å². The number of anilines is 2. The number of aliphatic hydroxyl groups excluding tert-OH is 1. The average molecular weight is 505 g/mol. The van der Waals surface area contributed by atoms with Gasteiger partial charge in [-0.25, -0.2) is 0 Å². The Morgan fingerprint density at radius 2 is 1.45 bits per heavy atom. The summed E-state index contributed by atoms with van der Waals surface area (Å²) < 4.78 is 0. The van der Waals surface area contributed by atoms with Crippen molar-refractivity contribution < 1.29 is 14.7 Å². The zero-order valence-electron chi connectivity index (χ0n) is 22.4. The zero-order chi connectivity index (χ0) is 27.2. The van der Waals surface area contributed by atoms with Crippen LogP contribution in [0.25, 0.3) is 16.5 Å². The van der Waals surface area contributed by atoms with Crippen molar-refractivity contribution in [2.45, 2.75) is 32.2 Å². The summed E-state index contributed by atoms with van der Waals surface area (Å²) in [5.41, 5.74) is 4.02. The normalized spacial score (nSPS) is 17.3. The Bertz CT molecular complexity index is 1560. The molecular formula is C33H32N2O3. The first kappa shape index (κ1) is 25.3. The number of carbonyl (C=O) groups is 2. The van der Waals surface area contributed by atoms with Crippen molar-refractivity contribution in [1.29, 1.82) is 0 Å². The molecule has 0 radical (unpaired) electrons. The van der Waals surface area contributed by atoms with E-state index in [4.69, 9.17) is 0 Å². The van der Waals surface area contributed by atoms with Gasteiger partial charge in [-0.05, 0) is 57.6 Å². The van der Waals surface area contributed by atoms with E-state index >= 15 is 0 Å². The zero-order valence-corrected chi connectivity index (χ0v) is 22.4. The lowest BCUT2D eigenvalue weighted by Gasteiger charge is -2.27. The molecule has 0 aromatic heterocycles. The van der Waals surface area contributed by atoms with Gasteiger partial charge in [-0.1, -0.05) is 81.4 Å². The van der Waals surface area contributed by atoms with E-state index < -0.39 is 17.7 Å². The number of amides is 1. The number of nitrogens with zero attached hydrogens (tertiary/aromatic N) is 2. The fourth-order valence-corrected chi connectivity index (χ4v) is 4.98. The SMILES string of the molecule is CN(C)c1ccc(N2C(=O)C(=O)/C(=C(\O)c3ccc4ccccc4c3)C2c2ccc(C(C)(C)C)cc2)cc1. The number of ketones is 1. The van der Waals surface area contributed by atoms with Gasteiger partial charge in [-0.3, -0.25) is 14.5 Å². The fourth-order valence-electron chi connectivity index (χ4n) is 4.98. The summed E-state index contributed by atoms with van der Waals surface area (Å²) in [5, 5.41) is 13.5. The number of benzene rings is 4. The van der Waals surface area contributed by atoms with Gasteiger partial charge in [0.05, 0.1) is 11.6 Å². The van der Waals surface area contributed by atoms with Gasteiger partial charge in [0.25, 0.3) is 11.7 Å². The molecule has 0 bridgehead atoms. The van der Waals surface area contributed by atoms with Crippen molar-refractivity contribution >= 4 is 39.6 Å². The van der Waals surface area contributed by atoms with E-state index in [0.717, 1.165) is 27.6 Å². The summed E-state index contributed by atoms with van der Waals surface area (Å²) in [7, 11) is 3.89. The molecule has 1 heterocycles. The van der Waals surface area contributed by atoms with Crippen LogP contribution in [0.15, 0.2) is 96.6 Å². The van der Waals surface area contributed by atoms with Crippen LogP contribution < -0.4 is 9.80 Å². The fraction of sp³-hybridized carbons (Fsp3) is 0.212. The van der Waals surface area contributed by atoms with Crippen LogP contribution in [0.2, 0.25) is 0 Å². The number of rotatable bonds is 4. The lowest BCUT2D eigenvalue weighted by atomic mass is 9.85. The highest BCUT2D eigenvalue weighted by Gasteiger charge is 2.47. The van der Waals surface area contributed by atoms with Crippen LogP contribution in [0.5, 0.6) is 0 Å². The maximum absolute atomic E-state index is 13.5. The van der Waals surface area contributed by atoms with Gasteiger partial charge < -0.3 is 10.0 Å². The average Bonchev–Trinajstić information content (AvgIpc) is 3.17. The number of hydrogen-bond acceptors (Lipinski definition) is 4. The molecular weight excluding hydrogens is 472 g/mol. The highest BCUT2D eigenvalue weighted by molar-refractivity contribution is 6.51. The molecule has 5 heteroatoms. The quantitative estimate of drug-likeness (QED) is 0.188. The Hall–Kier alpha value is -4.38. The molecule has 1 atom stereocenters. The molecule has 0 saturated carbocycles. The molecule has 38 heavy (non-hydrogen) atoms. The molecule has 1 aliphatic heterocycles. The molecule has 1 saturated heterocycles. The number of Topliss-reactive ketones (excluding diaryl/α,β-unsaturated/α-hetero) is 1. The molecule has 4 aromatic rings. The molecule has 0 spiro atoms. The van der Waals surface area contributed by atoms with E-state index in [1.807, 2.05) is 104 Å². The highest BCUT2D eigenvalue weighted by Crippen LogP contribution is 2.43. The lowest BCUT2D eigenvalue weighted by molar-refractivity contribution is -0.132. The first-order chi connectivity index (χ1) is 18.1. The second-order valence-corrected chi connectivity index (χ2v) is 11.0. The summed E-state index contributed by atoms with van der Waals surface area (Å²) in [6.45, 7) is 6.42. The first-order valence-electron chi connectivity index (χ1n) is 12.7. The minimum Gasteiger partial charge on any atom is -0.507 e. The van der Waals surface area contributed by atoms with Gasteiger partial charge >= 0.3 is 0 Å². The summed E-state index contributed by atoms with van der Waals surface area (Å²) in [6.07, 6.45) is 0. The molecule has 1 aliphatic rings. The number of carbonyl (C=O) groups excluding carboxylic acids is 2.